The van der Waals surface area contributed by atoms with E-state index in [-0.39, 0.29) is 12.5 Å². The average Bonchev–Trinajstić information content (AvgIpc) is 2.97. The fraction of sp³-hybridized carbons (Fsp3) is 0.261. The van der Waals surface area contributed by atoms with Crippen LogP contribution in [0.15, 0.2) is 55.1 Å². The van der Waals surface area contributed by atoms with E-state index in [1.165, 1.54) is 11.1 Å². The van der Waals surface area contributed by atoms with Crippen molar-refractivity contribution in [1.82, 2.24) is 14.3 Å². The highest BCUT2D eigenvalue weighted by atomic mass is 32.1. The topological polar surface area (TPSA) is 63.9 Å². The third kappa shape index (κ3) is 5.04. The summed E-state index contributed by atoms with van der Waals surface area (Å²) in [7, 11) is 0. The normalized spacial score (nSPS) is 10.6. The van der Waals surface area contributed by atoms with Crippen LogP contribution in [0.1, 0.15) is 22.5 Å². The first-order valence-electron chi connectivity index (χ1n) is 9.83. The van der Waals surface area contributed by atoms with Crippen LogP contribution in [0.2, 0.25) is 0 Å². The molecule has 0 saturated heterocycles. The third-order valence-corrected chi connectivity index (χ3v) is 5.24. The van der Waals surface area contributed by atoms with Crippen LogP contribution < -0.4 is 10.6 Å². The molecule has 6 nitrogen and oxygen atoms in total. The molecule has 1 aromatic heterocycles. The Labute approximate surface area is 182 Å². The second-order valence-electron chi connectivity index (χ2n) is 7.29. The number of aromatic nitrogens is 3. The first-order chi connectivity index (χ1) is 14.4. The highest BCUT2D eigenvalue weighted by Crippen LogP contribution is 2.20. The maximum Gasteiger partial charge on any atom is 0.246 e. The summed E-state index contributed by atoms with van der Waals surface area (Å²) in [4.78, 5) is 12.5. The van der Waals surface area contributed by atoms with Gasteiger partial charge in [0.15, 0.2) is 10.6 Å². The van der Waals surface area contributed by atoms with E-state index < -0.39 is 0 Å². The number of anilines is 2. The Hall–Kier alpha value is -3.19. The number of para-hydroxylation sites is 1. The molecular formula is C23H27N5OS. The number of nitrogens with one attached hydrogen (secondary N) is 2. The summed E-state index contributed by atoms with van der Waals surface area (Å²) in [5.74, 6) is 0.583. The largest absolute Gasteiger partial charge is 0.377 e. The first kappa shape index (κ1) is 21.5. The smallest absolute Gasteiger partial charge is 0.246 e. The van der Waals surface area contributed by atoms with E-state index in [4.69, 9.17) is 12.2 Å². The van der Waals surface area contributed by atoms with Crippen LogP contribution in [0.5, 0.6) is 0 Å². The van der Waals surface area contributed by atoms with Crippen molar-refractivity contribution in [2.24, 2.45) is 0 Å². The molecule has 30 heavy (non-hydrogen) atoms. The van der Waals surface area contributed by atoms with Gasteiger partial charge in [0.2, 0.25) is 5.91 Å². The SMILES string of the molecule is C=CCn1c(CNc2c(C)cccc2C)nn(CC(=O)Nc2cccc(C)c2)c1=S. The van der Waals surface area contributed by atoms with Gasteiger partial charge in [-0.05, 0) is 61.8 Å². The van der Waals surface area contributed by atoms with Crippen LogP contribution in [0.3, 0.4) is 0 Å². The maximum atomic E-state index is 12.5. The van der Waals surface area contributed by atoms with Crippen molar-refractivity contribution in [3.8, 4) is 0 Å². The van der Waals surface area contributed by atoms with Gasteiger partial charge in [0.1, 0.15) is 6.54 Å². The molecule has 0 aliphatic carbocycles. The Morgan fingerprint density at radius 3 is 2.53 bits per heavy atom. The lowest BCUT2D eigenvalue weighted by Gasteiger charge is -2.12. The zero-order valence-electron chi connectivity index (χ0n) is 17.6. The lowest BCUT2D eigenvalue weighted by molar-refractivity contribution is -0.116. The Balaban J connectivity index is 1.78. The van der Waals surface area contributed by atoms with E-state index in [2.05, 4.69) is 48.3 Å². The minimum Gasteiger partial charge on any atom is -0.377 e. The van der Waals surface area contributed by atoms with E-state index in [1.54, 1.807) is 10.8 Å². The first-order valence-corrected chi connectivity index (χ1v) is 10.2. The summed E-state index contributed by atoms with van der Waals surface area (Å²) in [6.07, 6.45) is 1.77. The number of carbonyl (C=O) groups excluding carboxylic acids is 1. The summed E-state index contributed by atoms with van der Waals surface area (Å²) in [6, 6.07) is 13.9. The van der Waals surface area contributed by atoms with Gasteiger partial charge in [0.05, 0.1) is 6.54 Å². The predicted octanol–water partition coefficient (Wildman–Crippen LogP) is 4.78. The molecule has 0 aliphatic rings. The van der Waals surface area contributed by atoms with E-state index in [0.29, 0.717) is 17.9 Å². The van der Waals surface area contributed by atoms with Gasteiger partial charge in [-0.1, -0.05) is 36.4 Å². The van der Waals surface area contributed by atoms with Crippen molar-refractivity contribution >= 4 is 29.5 Å². The Morgan fingerprint density at radius 1 is 1.17 bits per heavy atom. The predicted molar refractivity (Wildman–Crippen MR) is 124 cm³/mol. The number of rotatable bonds is 8. The number of allylic oxidation sites excluding steroid dienone is 1. The number of hydrogen-bond donors (Lipinski definition) is 2. The summed E-state index contributed by atoms with van der Waals surface area (Å²) < 4.78 is 3.95. The maximum absolute atomic E-state index is 12.5. The monoisotopic (exact) mass is 421 g/mol. The second-order valence-corrected chi connectivity index (χ2v) is 7.66. The second kappa shape index (κ2) is 9.54. The Bertz CT molecular complexity index is 1110. The van der Waals surface area contributed by atoms with Gasteiger partial charge in [0.25, 0.3) is 0 Å². The van der Waals surface area contributed by atoms with E-state index in [1.807, 2.05) is 41.8 Å². The lowest BCUT2D eigenvalue weighted by Crippen LogP contribution is -2.20. The third-order valence-electron chi connectivity index (χ3n) is 4.81. The number of amides is 1. The summed E-state index contributed by atoms with van der Waals surface area (Å²) in [5.41, 5.74) is 5.26. The molecule has 0 atom stereocenters. The molecule has 156 valence electrons. The van der Waals surface area contributed by atoms with Crippen LogP contribution >= 0.6 is 12.2 Å². The Morgan fingerprint density at radius 2 is 1.87 bits per heavy atom. The van der Waals surface area contributed by atoms with Crippen LogP contribution in [-0.2, 0) is 24.4 Å². The van der Waals surface area contributed by atoms with Crippen molar-refractivity contribution in [1.29, 1.82) is 0 Å². The fourth-order valence-electron chi connectivity index (χ4n) is 3.35. The van der Waals surface area contributed by atoms with Crippen LogP contribution in [-0.4, -0.2) is 20.3 Å². The van der Waals surface area contributed by atoms with Gasteiger partial charge in [0, 0.05) is 17.9 Å². The van der Waals surface area contributed by atoms with E-state index in [9.17, 15) is 4.79 Å². The summed E-state index contributed by atoms with van der Waals surface area (Å²) in [5, 5.41) is 11.0. The fourth-order valence-corrected chi connectivity index (χ4v) is 3.64. The number of nitrogens with zero attached hydrogens (tertiary/aromatic N) is 3. The lowest BCUT2D eigenvalue weighted by atomic mass is 10.1. The molecule has 0 saturated carbocycles. The molecule has 0 unspecified atom stereocenters. The van der Waals surface area contributed by atoms with Crippen molar-refractivity contribution in [3.63, 3.8) is 0 Å². The van der Waals surface area contributed by atoms with E-state index >= 15 is 0 Å². The molecule has 2 aromatic carbocycles. The van der Waals surface area contributed by atoms with Gasteiger partial charge in [-0.25, -0.2) is 4.68 Å². The van der Waals surface area contributed by atoms with Crippen molar-refractivity contribution in [2.45, 2.75) is 40.4 Å². The van der Waals surface area contributed by atoms with Crippen molar-refractivity contribution < 1.29 is 4.79 Å². The molecule has 7 heteroatoms. The molecule has 0 spiro atoms. The number of benzene rings is 2. The standard InChI is InChI=1S/C23H27N5OS/c1-5-12-27-20(14-24-22-17(3)9-7-10-18(22)4)26-28(23(27)30)15-21(29)25-19-11-6-8-16(2)13-19/h5-11,13,24H,1,12,14-15H2,2-4H3,(H,25,29). The zero-order valence-corrected chi connectivity index (χ0v) is 18.4. The number of hydrogen-bond acceptors (Lipinski definition) is 4. The highest BCUT2D eigenvalue weighted by Gasteiger charge is 2.13. The summed E-state index contributed by atoms with van der Waals surface area (Å²) >= 11 is 5.57. The molecule has 2 N–H and O–H groups in total. The molecule has 0 fully saturated rings. The molecular weight excluding hydrogens is 394 g/mol. The van der Waals surface area contributed by atoms with Crippen LogP contribution in [0, 0.1) is 25.5 Å². The molecule has 0 radical (unpaired) electrons. The van der Waals surface area contributed by atoms with Gasteiger partial charge in [-0.15, -0.1) is 6.58 Å². The quantitative estimate of drug-likeness (QED) is 0.406. The van der Waals surface area contributed by atoms with E-state index in [0.717, 1.165) is 22.8 Å². The number of aryl methyl sites for hydroxylation is 3. The Kier molecular flexibility index (Phi) is 6.84. The van der Waals surface area contributed by atoms with Crippen LogP contribution in [0.25, 0.3) is 0 Å². The molecule has 1 amide bonds. The van der Waals surface area contributed by atoms with Crippen molar-refractivity contribution in [3.05, 3.63) is 82.4 Å². The molecule has 0 bridgehead atoms. The molecule has 1 heterocycles. The van der Waals surface area contributed by atoms with Crippen LogP contribution in [0.4, 0.5) is 11.4 Å². The van der Waals surface area contributed by atoms with Crippen molar-refractivity contribution in [2.75, 3.05) is 10.6 Å². The van der Waals surface area contributed by atoms with Gasteiger partial charge < -0.3 is 10.6 Å². The van der Waals surface area contributed by atoms with Gasteiger partial charge >= 0.3 is 0 Å². The minimum absolute atomic E-state index is 0.0489. The summed E-state index contributed by atoms with van der Waals surface area (Å²) in [6.45, 7) is 11.0. The molecule has 3 aromatic rings. The molecule has 3 rings (SSSR count). The highest BCUT2D eigenvalue weighted by molar-refractivity contribution is 7.71. The molecule has 0 aliphatic heterocycles. The number of carbonyl (C=O) groups is 1. The average molecular weight is 422 g/mol. The minimum atomic E-state index is -0.172. The van der Waals surface area contributed by atoms with Gasteiger partial charge in [-0.3, -0.25) is 9.36 Å². The zero-order chi connectivity index (χ0) is 21.7. The van der Waals surface area contributed by atoms with Gasteiger partial charge in [-0.2, -0.15) is 5.10 Å².